The highest BCUT2D eigenvalue weighted by molar-refractivity contribution is 7.98. The largest absolute Gasteiger partial charge is 0.494 e. The van der Waals surface area contributed by atoms with Crippen molar-refractivity contribution in [2.24, 2.45) is 0 Å². The Kier molecular flexibility index (Phi) is 6.03. The molecule has 2 N–H and O–H groups in total. The minimum Gasteiger partial charge on any atom is -0.494 e. The molecule has 0 saturated heterocycles. The number of carbonyl (C=O) groups is 1. The van der Waals surface area contributed by atoms with Crippen molar-refractivity contribution in [3.8, 4) is 17.1 Å². The molecule has 3 aromatic rings. The first-order valence-electron chi connectivity index (χ1n) is 8.35. The number of hydrogen-bond acceptors (Lipinski definition) is 6. The van der Waals surface area contributed by atoms with Crippen molar-refractivity contribution in [3.63, 3.8) is 0 Å². The summed E-state index contributed by atoms with van der Waals surface area (Å²) in [4.78, 5) is 11.7. The van der Waals surface area contributed by atoms with Gasteiger partial charge >= 0.3 is 0 Å². The Hall–Kier alpha value is -2.51. The molecule has 0 radical (unpaired) electrons. The highest BCUT2D eigenvalue weighted by Gasteiger charge is 2.14. The molecule has 0 atom stereocenters. The summed E-state index contributed by atoms with van der Waals surface area (Å²) in [6.07, 6.45) is 0. The molecule has 1 aromatic heterocycles. The lowest BCUT2D eigenvalue weighted by Crippen LogP contribution is -2.11. The van der Waals surface area contributed by atoms with Crippen LogP contribution in [0.3, 0.4) is 0 Å². The van der Waals surface area contributed by atoms with Crippen molar-refractivity contribution in [3.05, 3.63) is 58.6 Å². The molecule has 6 nitrogen and oxygen atoms in total. The van der Waals surface area contributed by atoms with Gasteiger partial charge in [0.1, 0.15) is 5.75 Å². The summed E-state index contributed by atoms with van der Waals surface area (Å²) in [6, 6.07) is 12.7. The number of hydrogen-bond donors (Lipinski definition) is 1. The van der Waals surface area contributed by atoms with Crippen molar-refractivity contribution >= 4 is 29.1 Å². The van der Waals surface area contributed by atoms with Gasteiger partial charge in [0.05, 0.1) is 6.61 Å². The number of ketones is 1. The smallest absolute Gasteiger partial charge is 0.210 e. The number of ether oxygens (including phenoxy) is 1. The molecule has 0 amide bonds. The van der Waals surface area contributed by atoms with Gasteiger partial charge in [0.15, 0.2) is 11.6 Å². The molecule has 0 bridgehead atoms. The van der Waals surface area contributed by atoms with Gasteiger partial charge in [-0.25, -0.2) is 4.68 Å². The molecule has 8 heteroatoms. The molecule has 3 rings (SSSR count). The van der Waals surface area contributed by atoms with E-state index in [1.54, 1.807) is 25.1 Å². The molecule has 0 aliphatic heterocycles. The van der Waals surface area contributed by atoms with Crippen LogP contribution < -0.4 is 10.6 Å². The second-order valence-corrected chi connectivity index (χ2v) is 7.16. The van der Waals surface area contributed by atoms with Crippen LogP contribution in [0.1, 0.15) is 29.8 Å². The quantitative estimate of drug-likeness (QED) is 0.362. The van der Waals surface area contributed by atoms with Crippen molar-refractivity contribution in [2.45, 2.75) is 24.8 Å². The maximum absolute atomic E-state index is 11.7. The van der Waals surface area contributed by atoms with Gasteiger partial charge in [0, 0.05) is 27.5 Å². The number of nitrogens with zero attached hydrogens (tertiary/aromatic N) is 3. The summed E-state index contributed by atoms with van der Waals surface area (Å²) < 4.78 is 7.11. The van der Waals surface area contributed by atoms with Gasteiger partial charge in [0.25, 0.3) is 0 Å². The van der Waals surface area contributed by atoms with Gasteiger partial charge in [-0.1, -0.05) is 23.4 Å². The van der Waals surface area contributed by atoms with Gasteiger partial charge in [-0.2, -0.15) is 0 Å². The lowest BCUT2D eigenvalue weighted by atomic mass is 10.1. The maximum Gasteiger partial charge on any atom is 0.210 e. The number of halogens is 1. The normalized spacial score (nSPS) is 10.8. The van der Waals surface area contributed by atoms with Crippen LogP contribution in [0.25, 0.3) is 11.4 Å². The number of Topliss-reactive ketones (excluding diaryl/α,β-unsaturated/α-hetero) is 1. The third kappa shape index (κ3) is 4.43. The Morgan fingerprint density at radius 3 is 2.63 bits per heavy atom. The zero-order chi connectivity index (χ0) is 19.4. The third-order valence-electron chi connectivity index (χ3n) is 3.89. The SMILES string of the molecule is CCOc1ccc(C(C)=O)cc1CSc1nnc(-c2ccc(Cl)cc2)n1N. The average molecular weight is 403 g/mol. The van der Waals surface area contributed by atoms with Crippen LogP contribution in [0.4, 0.5) is 0 Å². The summed E-state index contributed by atoms with van der Waals surface area (Å²) in [5, 5.41) is 9.55. The predicted molar refractivity (Wildman–Crippen MR) is 108 cm³/mol. The summed E-state index contributed by atoms with van der Waals surface area (Å²) in [5.74, 6) is 8.02. The Labute approximate surface area is 166 Å². The average Bonchev–Trinajstić information content (AvgIpc) is 3.02. The Morgan fingerprint density at radius 2 is 1.96 bits per heavy atom. The fourth-order valence-electron chi connectivity index (χ4n) is 2.52. The molecule has 27 heavy (non-hydrogen) atoms. The van der Waals surface area contributed by atoms with Crippen LogP contribution in [0, 0.1) is 0 Å². The van der Waals surface area contributed by atoms with Crippen molar-refractivity contribution < 1.29 is 9.53 Å². The van der Waals surface area contributed by atoms with E-state index in [0.717, 1.165) is 16.9 Å². The van der Waals surface area contributed by atoms with E-state index in [1.807, 2.05) is 31.2 Å². The fraction of sp³-hybridized carbons (Fsp3) is 0.211. The van der Waals surface area contributed by atoms with Crippen LogP contribution in [-0.2, 0) is 5.75 Å². The highest BCUT2D eigenvalue weighted by Crippen LogP contribution is 2.29. The number of rotatable bonds is 7. The van der Waals surface area contributed by atoms with E-state index in [0.29, 0.717) is 33.9 Å². The zero-order valence-corrected chi connectivity index (χ0v) is 16.5. The minimum atomic E-state index is 0.0105. The molecule has 0 aliphatic rings. The van der Waals surface area contributed by atoms with Crippen LogP contribution >= 0.6 is 23.4 Å². The van der Waals surface area contributed by atoms with Crippen LogP contribution in [0.5, 0.6) is 5.75 Å². The molecule has 0 fully saturated rings. The van der Waals surface area contributed by atoms with E-state index in [4.69, 9.17) is 22.2 Å². The fourth-order valence-corrected chi connectivity index (χ4v) is 3.48. The number of benzene rings is 2. The number of nitrogen functional groups attached to an aromatic ring is 1. The molecular weight excluding hydrogens is 384 g/mol. The first-order valence-corrected chi connectivity index (χ1v) is 9.71. The van der Waals surface area contributed by atoms with E-state index in [9.17, 15) is 4.79 Å². The van der Waals surface area contributed by atoms with Gasteiger partial charge in [-0.05, 0) is 56.3 Å². The van der Waals surface area contributed by atoms with Crippen LogP contribution in [0.15, 0.2) is 47.6 Å². The van der Waals surface area contributed by atoms with Crippen molar-refractivity contribution in [1.29, 1.82) is 0 Å². The number of aromatic nitrogens is 3. The first-order chi connectivity index (χ1) is 13.0. The second kappa shape index (κ2) is 8.45. The third-order valence-corrected chi connectivity index (χ3v) is 5.13. The van der Waals surface area contributed by atoms with Crippen LogP contribution in [-0.4, -0.2) is 27.3 Å². The van der Waals surface area contributed by atoms with E-state index in [1.165, 1.54) is 16.4 Å². The van der Waals surface area contributed by atoms with Crippen LogP contribution in [0.2, 0.25) is 5.02 Å². The summed E-state index contributed by atoms with van der Waals surface area (Å²) in [7, 11) is 0. The monoisotopic (exact) mass is 402 g/mol. The minimum absolute atomic E-state index is 0.0105. The molecule has 0 unspecified atom stereocenters. The van der Waals surface area contributed by atoms with Crippen molar-refractivity contribution in [1.82, 2.24) is 14.9 Å². The Morgan fingerprint density at radius 1 is 1.22 bits per heavy atom. The Bertz CT molecular complexity index is 957. The molecule has 0 spiro atoms. The van der Waals surface area contributed by atoms with E-state index < -0.39 is 0 Å². The lowest BCUT2D eigenvalue weighted by Gasteiger charge is -2.11. The number of thioether (sulfide) groups is 1. The summed E-state index contributed by atoms with van der Waals surface area (Å²) in [6.45, 7) is 4.01. The second-order valence-electron chi connectivity index (χ2n) is 5.78. The van der Waals surface area contributed by atoms with Gasteiger partial charge in [0.2, 0.25) is 5.16 Å². The number of carbonyl (C=O) groups excluding carboxylic acids is 1. The lowest BCUT2D eigenvalue weighted by molar-refractivity contribution is 0.101. The number of nitrogens with two attached hydrogens (primary N) is 1. The summed E-state index contributed by atoms with van der Waals surface area (Å²) >= 11 is 7.35. The first kappa shape index (κ1) is 19.3. The van der Waals surface area contributed by atoms with Gasteiger partial charge in [-0.15, -0.1) is 10.2 Å². The zero-order valence-electron chi connectivity index (χ0n) is 15.0. The maximum atomic E-state index is 11.7. The topological polar surface area (TPSA) is 83.0 Å². The van der Waals surface area contributed by atoms with Gasteiger partial charge in [-0.3, -0.25) is 4.79 Å². The standard InChI is InChI=1S/C19H19ClN4O2S/c1-3-26-17-9-6-14(12(2)25)10-15(17)11-27-19-23-22-18(24(19)21)13-4-7-16(20)8-5-13/h4-10H,3,11,21H2,1-2H3. The van der Waals surface area contributed by atoms with E-state index >= 15 is 0 Å². The summed E-state index contributed by atoms with van der Waals surface area (Å²) in [5.41, 5.74) is 2.38. The highest BCUT2D eigenvalue weighted by atomic mass is 35.5. The van der Waals surface area contributed by atoms with E-state index in [2.05, 4.69) is 10.2 Å². The molecule has 1 heterocycles. The molecular formula is C19H19ClN4O2S. The predicted octanol–water partition coefficient (Wildman–Crippen LogP) is 4.21. The molecule has 0 saturated carbocycles. The molecule has 0 aliphatic carbocycles. The van der Waals surface area contributed by atoms with E-state index in [-0.39, 0.29) is 5.78 Å². The van der Waals surface area contributed by atoms with Crippen molar-refractivity contribution in [2.75, 3.05) is 12.4 Å². The molecule has 140 valence electrons. The Balaban J connectivity index is 1.82. The molecule has 2 aromatic carbocycles. The van der Waals surface area contributed by atoms with Gasteiger partial charge < -0.3 is 10.6 Å².